The van der Waals surface area contributed by atoms with E-state index in [1.807, 2.05) is 6.92 Å². The first kappa shape index (κ1) is 17.4. The second-order valence-electron chi connectivity index (χ2n) is 9.32. The Morgan fingerprint density at radius 1 is 1.26 bits per heavy atom. The fraction of sp³-hybridized carbons (Fsp3) is 0.762. The molecule has 146 valence electrons. The van der Waals surface area contributed by atoms with E-state index in [0.717, 1.165) is 49.3 Å². The van der Waals surface area contributed by atoms with Crippen molar-refractivity contribution in [3.05, 3.63) is 27.9 Å². The molecule has 5 aliphatic rings. The van der Waals surface area contributed by atoms with Crippen LogP contribution in [0.1, 0.15) is 68.1 Å². The fourth-order valence-electron chi connectivity index (χ4n) is 6.54. The third kappa shape index (κ3) is 2.93. The summed E-state index contributed by atoms with van der Waals surface area (Å²) < 4.78 is 5.64. The highest BCUT2D eigenvalue weighted by atomic mass is 16.5. The van der Waals surface area contributed by atoms with Crippen LogP contribution in [0.4, 0.5) is 0 Å². The molecule has 1 atom stereocenters. The number of ether oxygens (including phenoxy) is 1. The molecule has 6 nitrogen and oxygen atoms in total. The summed E-state index contributed by atoms with van der Waals surface area (Å²) in [6.07, 6.45) is 9.97. The van der Waals surface area contributed by atoms with E-state index in [0.29, 0.717) is 19.7 Å². The fourth-order valence-corrected chi connectivity index (χ4v) is 6.54. The molecule has 0 unspecified atom stereocenters. The van der Waals surface area contributed by atoms with Crippen LogP contribution in [0, 0.1) is 17.8 Å². The highest BCUT2D eigenvalue weighted by molar-refractivity contribution is 5.93. The predicted octanol–water partition coefficient (Wildman–Crippen LogP) is 2.49. The molecule has 4 saturated carbocycles. The van der Waals surface area contributed by atoms with Crippen LogP contribution in [0.3, 0.4) is 0 Å². The van der Waals surface area contributed by atoms with Gasteiger partial charge in [0.1, 0.15) is 11.4 Å². The summed E-state index contributed by atoms with van der Waals surface area (Å²) in [6.45, 7) is 3.66. The molecule has 1 saturated heterocycles. The summed E-state index contributed by atoms with van der Waals surface area (Å²) >= 11 is 0. The van der Waals surface area contributed by atoms with E-state index in [1.54, 1.807) is 4.90 Å². The van der Waals surface area contributed by atoms with Crippen molar-refractivity contribution in [2.24, 2.45) is 17.8 Å². The lowest BCUT2D eigenvalue weighted by atomic mass is 9.49. The van der Waals surface area contributed by atoms with Crippen LogP contribution in [0.2, 0.25) is 0 Å². The highest BCUT2D eigenvalue weighted by Crippen LogP contribution is 2.59. The molecule has 27 heavy (non-hydrogen) atoms. The quantitative estimate of drug-likeness (QED) is 0.886. The Hall–Kier alpha value is -1.69. The van der Waals surface area contributed by atoms with Crippen molar-refractivity contribution >= 4 is 5.91 Å². The maximum Gasteiger partial charge on any atom is 0.263 e. The van der Waals surface area contributed by atoms with Gasteiger partial charge >= 0.3 is 0 Å². The third-order valence-corrected chi connectivity index (χ3v) is 7.45. The minimum atomic E-state index is -0.278. The van der Waals surface area contributed by atoms with Crippen molar-refractivity contribution < 1.29 is 9.53 Å². The zero-order valence-corrected chi connectivity index (χ0v) is 16.1. The van der Waals surface area contributed by atoms with Crippen molar-refractivity contribution in [3.63, 3.8) is 0 Å². The normalized spacial score (nSPS) is 37.6. The minimum absolute atomic E-state index is 0.0434. The number of aromatic nitrogens is 2. The number of rotatable bonds is 3. The number of carbonyl (C=O) groups excluding carboxylic acids is 1. The van der Waals surface area contributed by atoms with Crippen LogP contribution < -0.4 is 5.56 Å². The Bertz CT molecular complexity index is 767. The lowest BCUT2D eigenvalue weighted by Gasteiger charge is -2.56. The second-order valence-corrected chi connectivity index (χ2v) is 9.32. The molecule has 6 rings (SSSR count). The van der Waals surface area contributed by atoms with Gasteiger partial charge in [-0.05, 0) is 62.7 Å². The summed E-state index contributed by atoms with van der Waals surface area (Å²) in [5.41, 5.74) is -0.0672. The predicted molar refractivity (Wildman–Crippen MR) is 101 cm³/mol. The van der Waals surface area contributed by atoms with Gasteiger partial charge in [-0.15, -0.1) is 0 Å². The number of hydrogen-bond donors (Lipinski definition) is 1. The van der Waals surface area contributed by atoms with Gasteiger partial charge in [0.05, 0.1) is 12.7 Å². The maximum absolute atomic E-state index is 12.9. The van der Waals surface area contributed by atoms with Crippen LogP contribution in [-0.4, -0.2) is 46.6 Å². The Morgan fingerprint density at radius 2 is 1.93 bits per heavy atom. The van der Waals surface area contributed by atoms with Crippen LogP contribution in [0.25, 0.3) is 0 Å². The van der Waals surface area contributed by atoms with E-state index >= 15 is 0 Å². The number of carbonyl (C=O) groups is 1. The summed E-state index contributed by atoms with van der Waals surface area (Å²) in [5.74, 6) is 2.99. The van der Waals surface area contributed by atoms with Gasteiger partial charge < -0.3 is 14.6 Å². The molecule has 5 fully saturated rings. The summed E-state index contributed by atoms with van der Waals surface area (Å²) in [7, 11) is 0. The SMILES string of the molecule is CC[C@H]1CN(C(=O)c2cnc(C34CC5CC(CC(C5)C3)C4)[nH]c2=O)CCO1. The van der Waals surface area contributed by atoms with Gasteiger partial charge in [0.25, 0.3) is 11.5 Å². The Balaban J connectivity index is 1.40. The van der Waals surface area contributed by atoms with Crippen LogP contribution in [-0.2, 0) is 10.2 Å². The molecule has 1 aromatic rings. The van der Waals surface area contributed by atoms with Crippen molar-refractivity contribution in [2.75, 3.05) is 19.7 Å². The van der Waals surface area contributed by atoms with E-state index in [9.17, 15) is 9.59 Å². The number of nitrogens with zero attached hydrogens (tertiary/aromatic N) is 2. The van der Waals surface area contributed by atoms with Gasteiger partial charge in [0.15, 0.2) is 0 Å². The molecule has 1 aromatic heterocycles. The largest absolute Gasteiger partial charge is 0.375 e. The van der Waals surface area contributed by atoms with Gasteiger partial charge in [0, 0.05) is 24.7 Å². The molecule has 6 heteroatoms. The molecule has 0 radical (unpaired) electrons. The van der Waals surface area contributed by atoms with Gasteiger partial charge in [-0.2, -0.15) is 0 Å². The van der Waals surface area contributed by atoms with E-state index in [1.165, 1.54) is 25.5 Å². The monoisotopic (exact) mass is 371 g/mol. The third-order valence-electron chi connectivity index (χ3n) is 7.45. The number of aromatic amines is 1. The van der Waals surface area contributed by atoms with Crippen LogP contribution in [0.5, 0.6) is 0 Å². The topological polar surface area (TPSA) is 75.3 Å². The average Bonchev–Trinajstić information content (AvgIpc) is 2.66. The Kier molecular flexibility index (Phi) is 4.15. The Labute approximate surface area is 159 Å². The second kappa shape index (κ2) is 6.43. The molecule has 1 amide bonds. The first-order valence-corrected chi connectivity index (χ1v) is 10.6. The maximum atomic E-state index is 12.9. The van der Waals surface area contributed by atoms with Gasteiger partial charge in [-0.3, -0.25) is 9.59 Å². The van der Waals surface area contributed by atoms with Gasteiger partial charge in [-0.25, -0.2) is 4.98 Å². The summed E-state index contributed by atoms with van der Waals surface area (Å²) in [5, 5.41) is 0. The van der Waals surface area contributed by atoms with E-state index in [-0.39, 0.29) is 28.5 Å². The lowest BCUT2D eigenvalue weighted by Crippen LogP contribution is -2.50. The minimum Gasteiger partial charge on any atom is -0.375 e. The first-order chi connectivity index (χ1) is 13.1. The number of amides is 1. The van der Waals surface area contributed by atoms with Gasteiger partial charge in [0.2, 0.25) is 0 Å². The smallest absolute Gasteiger partial charge is 0.263 e. The molecule has 2 heterocycles. The summed E-state index contributed by atoms with van der Waals surface area (Å²) in [4.78, 5) is 35.1. The molecular formula is C21H29N3O3. The standard InChI is InChI=1S/C21H29N3O3/c1-2-16-12-24(3-4-27-16)19(26)17-11-22-20(23-18(17)25)21-8-13-5-14(9-21)7-15(6-13)10-21/h11,13-16H,2-10,12H2,1H3,(H,22,23,25)/t13?,14?,15?,16-,21?/m0/s1. The molecule has 1 aliphatic heterocycles. The molecule has 1 N–H and O–H groups in total. The van der Waals surface area contributed by atoms with E-state index < -0.39 is 0 Å². The molecule has 4 bridgehead atoms. The number of morpholine rings is 1. The van der Waals surface area contributed by atoms with Crippen molar-refractivity contribution in [2.45, 2.75) is 63.4 Å². The van der Waals surface area contributed by atoms with Crippen molar-refractivity contribution in [1.29, 1.82) is 0 Å². The van der Waals surface area contributed by atoms with Crippen molar-refractivity contribution in [3.8, 4) is 0 Å². The number of H-pyrrole nitrogens is 1. The zero-order chi connectivity index (χ0) is 18.6. The highest BCUT2D eigenvalue weighted by Gasteiger charge is 2.53. The van der Waals surface area contributed by atoms with E-state index in [4.69, 9.17) is 4.74 Å². The van der Waals surface area contributed by atoms with Crippen molar-refractivity contribution in [1.82, 2.24) is 14.9 Å². The first-order valence-electron chi connectivity index (χ1n) is 10.6. The van der Waals surface area contributed by atoms with Crippen LogP contribution >= 0.6 is 0 Å². The number of nitrogens with one attached hydrogen (secondary N) is 1. The summed E-state index contributed by atoms with van der Waals surface area (Å²) in [6, 6.07) is 0. The molecular weight excluding hydrogens is 342 g/mol. The number of hydrogen-bond acceptors (Lipinski definition) is 4. The Morgan fingerprint density at radius 3 is 2.52 bits per heavy atom. The molecule has 0 spiro atoms. The lowest BCUT2D eigenvalue weighted by molar-refractivity contribution is -0.0227. The average molecular weight is 371 g/mol. The zero-order valence-electron chi connectivity index (χ0n) is 16.1. The molecule has 0 aromatic carbocycles. The van der Waals surface area contributed by atoms with E-state index in [2.05, 4.69) is 9.97 Å². The van der Waals surface area contributed by atoms with Gasteiger partial charge in [-0.1, -0.05) is 6.92 Å². The molecule has 4 aliphatic carbocycles. The van der Waals surface area contributed by atoms with Crippen LogP contribution in [0.15, 0.2) is 11.0 Å².